The molecule has 7 heteroatoms. The molecule has 0 bridgehead atoms. The summed E-state index contributed by atoms with van der Waals surface area (Å²) in [6.45, 7) is 1.68. The molecule has 1 aliphatic heterocycles. The maximum Gasteiger partial charge on any atom is 0.254 e. The highest BCUT2D eigenvalue weighted by atomic mass is 19.1. The van der Waals surface area contributed by atoms with Gasteiger partial charge in [0.25, 0.3) is 11.8 Å². The second-order valence-electron chi connectivity index (χ2n) is 7.54. The van der Waals surface area contributed by atoms with Crippen molar-refractivity contribution in [3.05, 3.63) is 53.8 Å². The second-order valence-corrected chi connectivity index (χ2v) is 7.54. The first-order valence-corrected chi connectivity index (χ1v) is 9.66. The predicted octanol–water partition coefficient (Wildman–Crippen LogP) is 2.31. The smallest absolute Gasteiger partial charge is 0.254 e. The van der Waals surface area contributed by atoms with Gasteiger partial charge in [-0.15, -0.1) is 0 Å². The summed E-state index contributed by atoms with van der Waals surface area (Å²) in [6, 6.07) is 11.3. The van der Waals surface area contributed by atoms with Gasteiger partial charge in [0.05, 0.1) is 7.11 Å². The Morgan fingerprint density at radius 3 is 2.21 bits per heavy atom. The van der Waals surface area contributed by atoms with Gasteiger partial charge in [-0.05, 0) is 48.7 Å². The molecule has 6 nitrogen and oxygen atoms in total. The van der Waals surface area contributed by atoms with Crippen molar-refractivity contribution in [2.45, 2.75) is 18.4 Å². The minimum Gasteiger partial charge on any atom is -0.497 e. The van der Waals surface area contributed by atoms with Gasteiger partial charge in [0.1, 0.15) is 17.2 Å². The summed E-state index contributed by atoms with van der Waals surface area (Å²) in [5.74, 6) is -0.151. The third-order valence-electron chi connectivity index (χ3n) is 5.59. The Kier molecular flexibility index (Phi) is 5.00. The summed E-state index contributed by atoms with van der Waals surface area (Å²) < 4.78 is 19.3. The van der Waals surface area contributed by atoms with E-state index in [0.717, 1.165) is 0 Å². The number of piperazine rings is 1. The van der Waals surface area contributed by atoms with Crippen molar-refractivity contribution in [2.75, 3.05) is 33.3 Å². The lowest BCUT2D eigenvalue weighted by molar-refractivity contribution is -0.143. The molecule has 2 aliphatic rings. The van der Waals surface area contributed by atoms with E-state index in [-0.39, 0.29) is 17.6 Å². The molecule has 1 N–H and O–H groups in total. The Hall–Kier alpha value is -2.93. The van der Waals surface area contributed by atoms with E-state index in [0.29, 0.717) is 61.5 Å². The van der Waals surface area contributed by atoms with Gasteiger partial charge in [0, 0.05) is 37.3 Å². The molecule has 2 aromatic carbocycles. The first kappa shape index (κ1) is 19.4. The van der Waals surface area contributed by atoms with Gasteiger partial charge in [0.2, 0.25) is 0 Å². The van der Waals surface area contributed by atoms with Gasteiger partial charge in [-0.3, -0.25) is 9.59 Å². The molecule has 1 aliphatic carbocycles. The lowest BCUT2D eigenvalue weighted by Gasteiger charge is -2.35. The zero-order chi connectivity index (χ0) is 20.6. The van der Waals surface area contributed by atoms with Gasteiger partial charge in [0.15, 0.2) is 0 Å². The van der Waals surface area contributed by atoms with E-state index in [1.165, 1.54) is 13.2 Å². The lowest BCUT2D eigenvalue weighted by Crippen LogP contribution is -2.53. The van der Waals surface area contributed by atoms with Gasteiger partial charge >= 0.3 is 0 Å². The number of rotatable bonds is 4. The topological polar surface area (TPSA) is 70.1 Å². The fourth-order valence-electron chi connectivity index (χ4n) is 3.57. The molecule has 152 valence electrons. The number of nitrogens with zero attached hydrogens (tertiary/aromatic N) is 2. The van der Waals surface area contributed by atoms with E-state index in [1.54, 1.807) is 46.2 Å². The van der Waals surface area contributed by atoms with E-state index in [4.69, 9.17) is 4.74 Å². The number of ether oxygens (including phenoxy) is 1. The van der Waals surface area contributed by atoms with E-state index in [2.05, 4.69) is 0 Å². The Balaban J connectivity index is 1.42. The molecule has 4 rings (SSSR count). The van der Waals surface area contributed by atoms with E-state index < -0.39 is 5.60 Å². The van der Waals surface area contributed by atoms with Gasteiger partial charge < -0.3 is 19.6 Å². The molecule has 2 amide bonds. The van der Waals surface area contributed by atoms with Crippen molar-refractivity contribution in [3.63, 3.8) is 0 Å². The predicted molar refractivity (Wildman–Crippen MR) is 105 cm³/mol. The fourth-order valence-corrected chi connectivity index (χ4v) is 3.57. The third-order valence-corrected chi connectivity index (χ3v) is 5.59. The first-order valence-electron chi connectivity index (χ1n) is 9.66. The average molecular weight is 398 g/mol. The molecular formula is C22H23FN2O4. The minimum absolute atomic E-state index is 0.125. The monoisotopic (exact) mass is 398 g/mol. The SMILES string of the molecule is COc1ccc(F)c(-c2ccc(C(=O)N3CCN(C(=O)C4(O)CC4)CC3)cc2)c1. The number of aliphatic hydroxyl groups is 1. The van der Waals surface area contributed by atoms with Crippen LogP contribution in [0.3, 0.4) is 0 Å². The van der Waals surface area contributed by atoms with Gasteiger partial charge in [-0.1, -0.05) is 12.1 Å². The Bertz CT molecular complexity index is 932. The second kappa shape index (κ2) is 7.48. The van der Waals surface area contributed by atoms with Gasteiger partial charge in [-0.25, -0.2) is 4.39 Å². The molecule has 0 unspecified atom stereocenters. The van der Waals surface area contributed by atoms with Crippen LogP contribution in [0.5, 0.6) is 5.75 Å². The minimum atomic E-state index is -1.17. The summed E-state index contributed by atoms with van der Waals surface area (Å²) in [7, 11) is 1.52. The number of methoxy groups -OCH3 is 1. The number of benzene rings is 2. The lowest BCUT2D eigenvalue weighted by atomic mass is 10.0. The number of hydrogen-bond acceptors (Lipinski definition) is 4. The highest BCUT2D eigenvalue weighted by Gasteiger charge is 2.50. The molecule has 29 heavy (non-hydrogen) atoms. The molecule has 1 saturated heterocycles. The Morgan fingerprint density at radius 2 is 1.62 bits per heavy atom. The number of amides is 2. The average Bonchev–Trinajstić information content (AvgIpc) is 3.52. The van der Waals surface area contributed by atoms with Crippen LogP contribution < -0.4 is 4.74 Å². The molecule has 0 aromatic heterocycles. The molecule has 0 radical (unpaired) electrons. The maximum absolute atomic E-state index is 14.2. The number of halogens is 1. The number of carbonyl (C=O) groups excluding carboxylic acids is 2. The Morgan fingerprint density at radius 1 is 1.00 bits per heavy atom. The maximum atomic E-state index is 14.2. The molecule has 2 fully saturated rings. The molecule has 2 aromatic rings. The quantitative estimate of drug-likeness (QED) is 0.858. The van der Waals surface area contributed by atoms with Crippen molar-refractivity contribution < 1.29 is 23.8 Å². The van der Waals surface area contributed by atoms with E-state index >= 15 is 0 Å². The molecule has 0 atom stereocenters. The van der Waals surface area contributed by atoms with Crippen molar-refractivity contribution in [2.24, 2.45) is 0 Å². The number of carbonyl (C=O) groups is 2. The zero-order valence-corrected chi connectivity index (χ0v) is 16.2. The van der Waals surface area contributed by atoms with Crippen LogP contribution in [0, 0.1) is 5.82 Å². The van der Waals surface area contributed by atoms with Crippen LogP contribution in [0.2, 0.25) is 0 Å². The number of hydrogen-bond donors (Lipinski definition) is 1. The van der Waals surface area contributed by atoms with Crippen LogP contribution in [0.15, 0.2) is 42.5 Å². The van der Waals surface area contributed by atoms with E-state index in [1.807, 2.05) is 0 Å². The van der Waals surface area contributed by atoms with E-state index in [9.17, 15) is 19.1 Å². The summed E-state index contributed by atoms with van der Waals surface area (Å²) in [5.41, 5.74) is 0.411. The largest absolute Gasteiger partial charge is 0.497 e. The first-order chi connectivity index (χ1) is 13.9. The van der Waals surface area contributed by atoms with Crippen LogP contribution in [-0.2, 0) is 4.79 Å². The van der Waals surface area contributed by atoms with Gasteiger partial charge in [-0.2, -0.15) is 0 Å². The summed E-state index contributed by atoms with van der Waals surface area (Å²) in [6.07, 6.45) is 1.04. The molecule has 1 saturated carbocycles. The molecule has 0 spiro atoms. The van der Waals surface area contributed by atoms with Crippen LogP contribution in [0.4, 0.5) is 4.39 Å². The van der Waals surface area contributed by atoms with Crippen LogP contribution in [-0.4, -0.2) is 65.6 Å². The zero-order valence-electron chi connectivity index (χ0n) is 16.2. The highest BCUT2D eigenvalue weighted by Crippen LogP contribution is 2.37. The van der Waals surface area contributed by atoms with Crippen molar-refractivity contribution in [3.8, 4) is 16.9 Å². The van der Waals surface area contributed by atoms with Crippen molar-refractivity contribution in [1.82, 2.24) is 9.80 Å². The van der Waals surface area contributed by atoms with Crippen molar-refractivity contribution >= 4 is 11.8 Å². The summed E-state index contributed by atoms with van der Waals surface area (Å²) >= 11 is 0. The van der Waals surface area contributed by atoms with Crippen LogP contribution in [0.1, 0.15) is 23.2 Å². The van der Waals surface area contributed by atoms with Crippen LogP contribution in [0.25, 0.3) is 11.1 Å². The Labute approximate surface area is 168 Å². The highest BCUT2D eigenvalue weighted by molar-refractivity contribution is 5.95. The standard InChI is InChI=1S/C22H23FN2O4/c1-29-17-6-7-19(23)18(14-17)15-2-4-16(5-3-15)20(26)24-10-12-25(13-11-24)21(27)22(28)8-9-22/h2-7,14,28H,8-13H2,1H3. The molecular weight excluding hydrogens is 375 g/mol. The fraction of sp³-hybridized carbons (Fsp3) is 0.364. The van der Waals surface area contributed by atoms with Crippen LogP contribution >= 0.6 is 0 Å². The normalized spacial score (nSPS) is 17.8. The van der Waals surface area contributed by atoms with Crippen molar-refractivity contribution in [1.29, 1.82) is 0 Å². The molecule has 1 heterocycles. The summed E-state index contributed by atoms with van der Waals surface area (Å²) in [4.78, 5) is 28.3. The third kappa shape index (κ3) is 3.82. The summed E-state index contributed by atoms with van der Waals surface area (Å²) in [5, 5.41) is 9.97.